The van der Waals surface area contributed by atoms with E-state index in [0.29, 0.717) is 5.56 Å². The van der Waals surface area contributed by atoms with Gasteiger partial charge in [0.2, 0.25) is 0 Å². The van der Waals surface area contributed by atoms with Gasteiger partial charge in [-0.05, 0) is 62.5 Å². The van der Waals surface area contributed by atoms with Crippen LogP contribution < -0.4 is 0 Å². The molecule has 4 nitrogen and oxygen atoms in total. The van der Waals surface area contributed by atoms with E-state index in [9.17, 15) is 4.79 Å². The number of aliphatic imine (C=N–C) groups is 1. The highest BCUT2D eigenvalue weighted by molar-refractivity contribution is 6.03. The first-order valence-electron chi connectivity index (χ1n) is 9.30. The van der Waals surface area contributed by atoms with Crippen LogP contribution in [0.2, 0.25) is 0 Å². The van der Waals surface area contributed by atoms with Gasteiger partial charge in [0.05, 0.1) is 11.3 Å². The quantitative estimate of drug-likeness (QED) is 0.711. The van der Waals surface area contributed by atoms with Gasteiger partial charge >= 0.3 is 5.97 Å². The number of aryl methyl sites for hydroxylation is 1. The summed E-state index contributed by atoms with van der Waals surface area (Å²) >= 11 is 0. The van der Waals surface area contributed by atoms with Gasteiger partial charge in [-0.25, -0.2) is 4.79 Å². The predicted octanol–water partition coefficient (Wildman–Crippen LogP) is 5.53. The molecule has 0 bridgehead atoms. The molecule has 1 aliphatic rings. The molecular weight excluding hydrogens is 336 g/mol. The molecule has 1 aromatic heterocycles. The van der Waals surface area contributed by atoms with E-state index in [0.717, 1.165) is 40.3 Å². The van der Waals surface area contributed by atoms with E-state index in [1.807, 2.05) is 57.2 Å². The van der Waals surface area contributed by atoms with Gasteiger partial charge in [-0.3, -0.25) is 4.99 Å². The Bertz CT molecular complexity index is 960. The Morgan fingerprint density at radius 2 is 1.85 bits per heavy atom. The second kappa shape index (κ2) is 7.78. The Labute approximate surface area is 160 Å². The fraction of sp³-hybridized carbons (Fsp3) is 0.304. The monoisotopic (exact) mass is 362 g/mol. The molecular formula is C23H26N2O2. The molecule has 3 rings (SSSR count). The summed E-state index contributed by atoms with van der Waals surface area (Å²) in [4.78, 5) is 20.6. The lowest BCUT2D eigenvalue weighted by atomic mass is 10.0. The SMILES string of the molecule is CCC1=C(C)/C(=C/c2[nH]c(C)c(C(=O)OCc3ccccc3)c2C)N=C1C. The highest BCUT2D eigenvalue weighted by Crippen LogP contribution is 2.30. The number of ether oxygens (including phenoxy) is 1. The molecule has 2 aromatic rings. The molecule has 0 aliphatic carbocycles. The molecule has 0 amide bonds. The maximum Gasteiger partial charge on any atom is 0.340 e. The molecule has 0 radical (unpaired) electrons. The van der Waals surface area contributed by atoms with Gasteiger partial charge in [0.25, 0.3) is 0 Å². The smallest absolute Gasteiger partial charge is 0.340 e. The molecule has 0 spiro atoms. The number of carbonyl (C=O) groups is 1. The van der Waals surface area contributed by atoms with Crippen LogP contribution in [0.4, 0.5) is 0 Å². The fourth-order valence-electron chi connectivity index (χ4n) is 3.58. The van der Waals surface area contributed by atoms with Crippen LogP contribution in [-0.2, 0) is 11.3 Å². The summed E-state index contributed by atoms with van der Waals surface area (Å²) in [7, 11) is 0. The number of nitrogens with zero attached hydrogens (tertiary/aromatic N) is 1. The normalized spacial score (nSPS) is 15.4. The molecule has 4 heteroatoms. The van der Waals surface area contributed by atoms with E-state index in [2.05, 4.69) is 23.8 Å². The van der Waals surface area contributed by atoms with Crippen LogP contribution in [-0.4, -0.2) is 16.7 Å². The van der Waals surface area contributed by atoms with Crippen molar-refractivity contribution in [1.82, 2.24) is 4.98 Å². The number of allylic oxidation sites excluding steroid dienone is 2. The molecule has 0 saturated carbocycles. The number of carbonyl (C=O) groups excluding carboxylic acids is 1. The first-order chi connectivity index (χ1) is 12.9. The van der Waals surface area contributed by atoms with E-state index < -0.39 is 0 Å². The van der Waals surface area contributed by atoms with E-state index in [4.69, 9.17) is 4.74 Å². The number of hydrogen-bond donors (Lipinski definition) is 1. The fourth-order valence-corrected chi connectivity index (χ4v) is 3.58. The summed E-state index contributed by atoms with van der Waals surface area (Å²) in [6.07, 6.45) is 3.00. The Kier molecular flexibility index (Phi) is 5.45. The Morgan fingerprint density at radius 1 is 1.15 bits per heavy atom. The molecule has 1 aromatic carbocycles. The second-order valence-corrected chi connectivity index (χ2v) is 6.91. The predicted molar refractivity (Wildman–Crippen MR) is 110 cm³/mol. The summed E-state index contributed by atoms with van der Waals surface area (Å²) in [5.74, 6) is -0.303. The van der Waals surface area contributed by atoms with Gasteiger partial charge in [-0.2, -0.15) is 0 Å². The summed E-state index contributed by atoms with van der Waals surface area (Å²) in [5, 5.41) is 0. The van der Waals surface area contributed by atoms with Crippen LogP contribution >= 0.6 is 0 Å². The highest BCUT2D eigenvalue weighted by atomic mass is 16.5. The Hall–Kier alpha value is -2.88. The van der Waals surface area contributed by atoms with Crippen LogP contribution in [0.3, 0.4) is 0 Å². The molecule has 1 aliphatic heterocycles. The van der Waals surface area contributed by atoms with E-state index in [-0.39, 0.29) is 12.6 Å². The van der Waals surface area contributed by atoms with Gasteiger partial charge < -0.3 is 9.72 Å². The minimum absolute atomic E-state index is 0.269. The molecule has 0 fully saturated rings. The van der Waals surface area contributed by atoms with Crippen molar-refractivity contribution >= 4 is 17.8 Å². The van der Waals surface area contributed by atoms with Gasteiger partial charge in [0.1, 0.15) is 6.61 Å². The molecule has 0 unspecified atom stereocenters. The van der Waals surface area contributed by atoms with Crippen molar-refractivity contribution in [3.8, 4) is 0 Å². The van der Waals surface area contributed by atoms with Crippen LogP contribution in [0.1, 0.15) is 60.1 Å². The van der Waals surface area contributed by atoms with Crippen molar-refractivity contribution in [2.45, 2.75) is 47.6 Å². The topological polar surface area (TPSA) is 54.5 Å². The van der Waals surface area contributed by atoms with Crippen LogP contribution in [0.25, 0.3) is 6.08 Å². The number of H-pyrrole nitrogens is 1. The van der Waals surface area contributed by atoms with Crippen molar-refractivity contribution in [3.63, 3.8) is 0 Å². The third-order valence-electron chi connectivity index (χ3n) is 5.09. The summed E-state index contributed by atoms with van der Waals surface area (Å²) in [5.41, 5.74) is 8.72. The zero-order chi connectivity index (χ0) is 19.6. The van der Waals surface area contributed by atoms with Crippen molar-refractivity contribution in [1.29, 1.82) is 0 Å². The zero-order valence-corrected chi connectivity index (χ0v) is 16.6. The van der Waals surface area contributed by atoms with Crippen LogP contribution in [0.5, 0.6) is 0 Å². The summed E-state index contributed by atoms with van der Waals surface area (Å²) < 4.78 is 5.52. The maximum absolute atomic E-state index is 12.6. The number of esters is 1. The van der Waals surface area contributed by atoms with Gasteiger partial charge in [-0.15, -0.1) is 0 Å². The van der Waals surface area contributed by atoms with Gasteiger partial charge in [-0.1, -0.05) is 37.3 Å². The summed E-state index contributed by atoms with van der Waals surface area (Å²) in [6.45, 7) is 10.4. The summed E-state index contributed by atoms with van der Waals surface area (Å²) in [6, 6.07) is 9.70. The van der Waals surface area contributed by atoms with Crippen LogP contribution in [0, 0.1) is 13.8 Å². The van der Waals surface area contributed by atoms with Crippen molar-refractivity contribution < 1.29 is 9.53 Å². The van der Waals surface area contributed by atoms with E-state index in [1.165, 1.54) is 11.1 Å². The average molecular weight is 362 g/mol. The minimum Gasteiger partial charge on any atom is -0.457 e. The standard InChI is InChI=1S/C23H26N2O2/c1-6-19-14(2)20(24-16(19)4)12-21-15(3)22(17(5)25-21)23(26)27-13-18-10-8-7-9-11-18/h7-12,25H,6,13H2,1-5H3/b20-12-. The minimum atomic E-state index is -0.303. The van der Waals surface area contributed by atoms with E-state index in [1.54, 1.807) is 0 Å². The van der Waals surface area contributed by atoms with E-state index >= 15 is 0 Å². The molecule has 140 valence electrons. The second-order valence-electron chi connectivity index (χ2n) is 6.91. The number of hydrogen-bond acceptors (Lipinski definition) is 3. The maximum atomic E-state index is 12.6. The van der Waals surface area contributed by atoms with Gasteiger partial charge in [0.15, 0.2) is 0 Å². The molecule has 27 heavy (non-hydrogen) atoms. The number of aromatic nitrogens is 1. The highest BCUT2D eigenvalue weighted by Gasteiger charge is 2.21. The lowest BCUT2D eigenvalue weighted by Crippen LogP contribution is -2.07. The van der Waals surface area contributed by atoms with Crippen molar-refractivity contribution in [3.05, 3.63) is 75.3 Å². The number of nitrogens with one attached hydrogen (secondary N) is 1. The van der Waals surface area contributed by atoms with Crippen molar-refractivity contribution in [2.75, 3.05) is 0 Å². The van der Waals surface area contributed by atoms with Gasteiger partial charge in [0, 0.05) is 17.1 Å². The van der Waals surface area contributed by atoms with Crippen LogP contribution in [0.15, 0.2) is 52.2 Å². The molecule has 0 saturated heterocycles. The Morgan fingerprint density at radius 3 is 2.48 bits per heavy atom. The number of benzene rings is 1. The lowest BCUT2D eigenvalue weighted by Gasteiger charge is -2.05. The first kappa shape index (κ1) is 18.9. The first-order valence-corrected chi connectivity index (χ1v) is 9.30. The third kappa shape index (κ3) is 3.80. The molecule has 0 atom stereocenters. The average Bonchev–Trinajstić information content (AvgIpc) is 3.08. The molecule has 1 N–H and O–H groups in total. The number of aromatic amines is 1. The zero-order valence-electron chi connectivity index (χ0n) is 16.6. The molecule has 2 heterocycles. The Balaban J connectivity index is 1.84. The lowest BCUT2D eigenvalue weighted by molar-refractivity contribution is 0.0471. The number of rotatable bonds is 5. The third-order valence-corrected chi connectivity index (χ3v) is 5.09. The van der Waals surface area contributed by atoms with Crippen molar-refractivity contribution in [2.24, 2.45) is 4.99 Å². The largest absolute Gasteiger partial charge is 0.457 e.